The number of fused-ring (bicyclic) bond motifs is 1. The summed E-state index contributed by atoms with van der Waals surface area (Å²) >= 11 is 4.80. The van der Waals surface area contributed by atoms with E-state index in [2.05, 4.69) is 20.9 Å². The number of carbonyl (C=O) groups is 1. The van der Waals surface area contributed by atoms with E-state index in [4.69, 9.17) is 18.9 Å². The highest BCUT2D eigenvalue weighted by atomic mass is 79.9. The molecule has 1 aromatic heterocycles. The van der Waals surface area contributed by atoms with Gasteiger partial charge in [-0.25, -0.2) is 9.79 Å². The maximum Gasteiger partial charge on any atom is 0.338 e. The topological polar surface area (TPSA) is 109 Å². The van der Waals surface area contributed by atoms with Crippen molar-refractivity contribution in [2.75, 3.05) is 27.4 Å². The average molecular weight is 603 g/mol. The van der Waals surface area contributed by atoms with E-state index in [-0.39, 0.29) is 23.5 Å². The molecule has 0 spiro atoms. The molecule has 0 saturated heterocycles. The number of phenolic OH excluding ortho intramolecular Hbond substituents is 1. The van der Waals surface area contributed by atoms with E-state index in [9.17, 15) is 14.7 Å². The average Bonchev–Trinajstić information content (AvgIpc) is 3.18. The second-order valence-corrected chi connectivity index (χ2v) is 10.1. The van der Waals surface area contributed by atoms with Crippen LogP contribution in [-0.2, 0) is 9.53 Å². The van der Waals surface area contributed by atoms with Gasteiger partial charge >= 0.3 is 5.97 Å². The minimum absolute atomic E-state index is 0.0437. The Morgan fingerprint density at radius 3 is 2.50 bits per heavy atom. The third kappa shape index (κ3) is 5.08. The van der Waals surface area contributed by atoms with Crippen LogP contribution in [0.25, 0.3) is 6.08 Å². The summed E-state index contributed by atoms with van der Waals surface area (Å²) in [5, 5.41) is 10.2. The summed E-state index contributed by atoms with van der Waals surface area (Å²) in [6, 6.07) is 7.53. The number of thiazole rings is 1. The van der Waals surface area contributed by atoms with Gasteiger partial charge in [-0.1, -0.05) is 33.3 Å². The number of aromatic nitrogens is 1. The van der Waals surface area contributed by atoms with Crippen LogP contribution in [0.3, 0.4) is 0 Å². The van der Waals surface area contributed by atoms with Gasteiger partial charge in [0, 0.05) is 4.47 Å². The zero-order chi connectivity index (χ0) is 27.6. The Labute approximate surface area is 231 Å². The lowest BCUT2D eigenvalue weighted by atomic mass is 9.95. The van der Waals surface area contributed by atoms with Crippen molar-refractivity contribution in [3.63, 3.8) is 0 Å². The molecule has 0 aliphatic carbocycles. The molecule has 4 rings (SSSR count). The summed E-state index contributed by atoms with van der Waals surface area (Å²) in [6.45, 7) is 5.91. The molecule has 0 saturated carbocycles. The first kappa shape index (κ1) is 27.5. The fraction of sp³-hybridized carbons (Fsp3) is 0.296. The fourth-order valence-electron chi connectivity index (χ4n) is 4.22. The van der Waals surface area contributed by atoms with Crippen LogP contribution in [0.1, 0.15) is 37.9 Å². The molecule has 0 radical (unpaired) electrons. The zero-order valence-corrected chi connectivity index (χ0v) is 23.9. The lowest BCUT2D eigenvalue weighted by Gasteiger charge is -2.26. The molecule has 0 bridgehead atoms. The van der Waals surface area contributed by atoms with Crippen LogP contribution in [0.2, 0.25) is 0 Å². The summed E-state index contributed by atoms with van der Waals surface area (Å²) in [4.78, 5) is 32.0. The molecule has 2 aromatic carbocycles. The molecule has 0 amide bonds. The van der Waals surface area contributed by atoms with Crippen molar-refractivity contribution < 1.29 is 28.8 Å². The molecule has 3 aromatic rings. The van der Waals surface area contributed by atoms with Crippen LogP contribution in [0.15, 0.2) is 55.9 Å². The molecule has 38 heavy (non-hydrogen) atoms. The van der Waals surface area contributed by atoms with Gasteiger partial charge in [0.05, 0.1) is 49.3 Å². The van der Waals surface area contributed by atoms with Crippen LogP contribution in [0.5, 0.6) is 23.0 Å². The monoisotopic (exact) mass is 602 g/mol. The van der Waals surface area contributed by atoms with Gasteiger partial charge in [0.1, 0.15) is 0 Å². The standard InChI is InChI=1S/C27H27BrN2O7S/c1-6-36-21-13-17(28)16(12-20(21)35-5)24-23(26(33)37-7-2)14(3)29-27-30(24)25(32)22(38-27)11-15-8-9-19(34-4)18(31)10-15/h8-13,24,31H,6-7H2,1-5H3/b22-11+/t24-/m1/s1. The van der Waals surface area contributed by atoms with E-state index in [1.54, 1.807) is 44.2 Å². The predicted octanol–water partition coefficient (Wildman–Crippen LogP) is 3.68. The molecule has 200 valence electrons. The van der Waals surface area contributed by atoms with Gasteiger partial charge in [0.2, 0.25) is 0 Å². The van der Waals surface area contributed by atoms with Gasteiger partial charge in [0.15, 0.2) is 27.8 Å². The molecule has 0 unspecified atom stereocenters. The summed E-state index contributed by atoms with van der Waals surface area (Å²) < 4.78 is 24.2. The molecule has 0 fully saturated rings. The van der Waals surface area contributed by atoms with E-state index >= 15 is 0 Å². The molecule has 9 nitrogen and oxygen atoms in total. The van der Waals surface area contributed by atoms with Crippen molar-refractivity contribution in [1.29, 1.82) is 0 Å². The molecule has 11 heteroatoms. The quantitative estimate of drug-likeness (QED) is 0.392. The maximum absolute atomic E-state index is 13.8. The van der Waals surface area contributed by atoms with E-state index in [1.807, 2.05) is 6.92 Å². The van der Waals surface area contributed by atoms with Crippen molar-refractivity contribution in [3.8, 4) is 23.0 Å². The van der Waals surface area contributed by atoms with Crippen LogP contribution in [0.4, 0.5) is 0 Å². The number of allylic oxidation sites excluding steroid dienone is 1. The number of esters is 1. The van der Waals surface area contributed by atoms with E-state index < -0.39 is 12.0 Å². The number of halogens is 1. The van der Waals surface area contributed by atoms with Gasteiger partial charge in [0.25, 0.3) is 5.56 Å². The van der Waals surface area contributed by atoms with Gasteiger partial charge in [-0.15, -0.1) is 0 Å². The summed E-state index contributed by atoms with van der Waals surface area (Å²) in [5.41, 5.74) is 1.57. The van der Waals surface area contributed by atoms with Crippen molar-refractivity contribution in [1.82, 2.24) is 4.57 Å². The number of nitrogens with zero attached hydrogens (tertiary/aromatic N) is 2. The predicted molar refractivity (Wildman–Crippen MR) is 147 cm³/mol. The number of hydrogen-bond acceptors (Lipinski definition) is 9. The van der Waals surface area contributed by atoms with Crippen LogP contribution in [0, 0.1) is 0 Å². The van der Waals surface area contributed by atoms with Crippen LogP contribution < -0.4 is 29.1 Å². The molecule has 1 aliphatic rings. The van der Waals surface area contributed by atoms with Crippen molar-refractivity contribution in [3.05, 3.63) is 76.9 Å². The minimum atomic E-state index is -0.837. The Morgan fingerprint density at radius 2 is 1.87 bits per heavy atom. The number of hydrogen-bond donors (Lipinski definition) is 1. The molecule has 1 aliphatic heterocycles. The van der Waals surface area contributed by atoms with Crippen molar-refractivity contribution in [2.24, 2.45) is 4.99 Å². The Kier molecular flexibility index (Phi) is 8.27. The third-order valence-corrected chi connectivity index (χ3v) is 7.56. The van der Waals surface area contributed by atoms with Crippen molar-refractivity contribution >= 4 is 39.3 Å². The second kappa shape index (κ2) is 11.4. The van der Waals surface area contributed by atoms with Crippen LogP contribution >= 0.6 is 27.3 Å². The maximum atomic E-state index is 13.8. The fourth-order valence-corrected chi connectivity index (χ4v) is 5.81. The van der Waals surface area contributed by atoms with Gasteiger partial charge in [-0.05, 0) is 62.2 Å². The summed E-state index contributed by atoms with van der Waals surface area (Å²) in [6.07, 6.45) is 1.66. The number of benzene rings is 2. The molecular formula is C27H27BrN2O7S. The molecule has 1 atom stereocenters. The third-order valence-electron chi connectivity index (χ3n) is 5.90. The van der Waals surface area contributed by atoms with Gasteiger partial charge in [-0.2, -0.15) is 0 Å². The highest BCUT2D eigenvalue weighted by molar-refractivity contribution is 9.10. The smallest absolute Gasteiger partial charge is 0.338 e. The first-order valence-electron chi connectivity index (χ1n) is 11.8. The van der Waals surface area contributed by atoms with Crippen LogP contribution in [-0.4, -0.2) is 43.1 Å². The second-order valence-electron chi connectivity index (χ2n) is 8.19. The highest BCUT2D eigenvalue weighted by Gasteiger charge is 2.35. The van der Waals surface area contributed by atoms with E-state index in [0.717, 1.165) is 0 Å². The molecule has 2 heterocycles. The normalized spacial score (nSPS) is 15.1. The van der Waals surface area contributed by atoms with E-state index in [0.29, 0.717) is 54.5 Å². The number of methoxy groups -OCH3 is 2. The highest BCUT2D eigenvalue weighted by Crippen LogP contribution is 2.41. The lowest BCUT2D eigenvalue weighted by molar-refractivity contribution is -0.139. The number of phenols is 1. The minimum Gasteiger partial charge on any atom is -0.504 e. The largest absolute Gasteiger partial charge is 0.504 e. The SMILES string of the molecule is CCOC(=O)C1=C(C)N=c2s/c(=C/c3ccc(OC)c(O)c3)c(=O)n2[C@@H]1c1cc(OC)c(OCC)cc1Br. The number of rotatable bonds is 8. The Hall–Kier alpha value is -3.57. The molecular weight excluding hydrogens is 576 g/mol. The molecule has 1 N–H and O–H groups in total. The Balaban J connectivity index is 1.98. The van der Waals surface area contributed by atoms with Gasteiger partial charge in [-0.3, -0.25) is 9.36 Å². The van der Waals surface area contributed by atoms with Crippen molar-refractivity contribution in [2.45, 2.75) is 26.8 Å². The Bertz CT molecular complexity index is 1610. The number of carbonyl (C=O) groups excluding carboxylic acids is 1. The summed E-state index contributed by atoms with van der Waals surface area (Å²) in [7, 11) is 2.99. The first-order chi connectivity index (χ1) is 18.2. The lowest BCUT2D eigenvalue weighted by Crippen LogP contribution is -2.40. The number of ether oxygens (including phenoxy) is 4. The summed E-state index contributed by atoms with van der Waals surface area (Å²) in [5.74, 6) is 0.702. The van der Waals surface area contributed by atoms with E-state index in [1.165, 1.54) is 36.2 Å². The first-order valence-corrected chi connectivity index (χ1v) is 13.4. The van der Waals surface area contributed by atoms with Gasteiger partial charge < -0.3 is 24.1 Å². The Morgan fingerprint density at radius 1 is 1.13 bits per heavy atom. The number of aromatic hydroxyl groups is 1. The zero-order valence-electron chi connectivity index (χ0n) is 21.5.